The SMILES string of the molecule is CC1(C(=O)NC2CC2)C=CC=CC1. The molecule has 1 atom stereocenters. The molecule has 0 spiro atoms. The Labute approximate surface area is 78.7 Å². The van der Waals surface area contributed by atoms with E-state index in [0.717, 1.165) is 19.3 Å². The molecule has 2 rings (SSSR count). The van der Waals surface area contributed by atoms with Crippen molar-refractivity contribution in [3.63, 3.8) is 0 Å². The van der Waals surface area contributed by atoms with E-state index < -0.39 is 0 Å². The van der Waals surface area contributed by atoms with E-state index in [9.17, 15) is 4.79 Å². The van der Waals surface area contributed by atoms with Crippen LogP contribution in [0.2, 0.25) is 0 Å². The van der Waals surface area contributed by atoms with Crippen LogP contribution in [-0.4, -0.2) is 11.9 Å². The Morgan fingerprint density at radius 2 is 2.23 bits per heavy atom. The molecule has 0 radical (unpaired) electrons. The fourth-order valence-electron chi connectivity index (χ4n) is 1.47. The maximum atomic E-state index is 11.8. The molecule has 2 aliphatic rings. The molecule has 2 aliphatic carbocycles. The van der Waals surface area contributed by atoms with Crippen LogP contribution < -0.4 is 5.32 Å². The number of carbonyl (C=O) groups is 1. The zero-order valence-electron chi connectivity index (χ0n) is 7.92. The van der Waals surface area contributed by atoms with Crippen LogP contribution in [0.25, 0.3) is 0 Å². The van der Waals surface area contributed by atoms with E-state index in [4.69, 9.17) is 0 Å². The average Bonchev–Trinajstić information content (AvgIpc) is 2.89. The molecule has 1 saturated carbocycles. The topological polar surface area (TPSA) is 29.1 Å². The Kier molecular flexibility index (Phi) is 1.98. The Bertz CT molecular complexity index is 276. The van der Waals surface area contributed by atoms with Gasteiger partial charge < -0.3 is 5.32 Å². The fourth-order valence-corrected chi connectivity index (χ4v) is 1.47. The highest BCUT2D eigenvalue weighted by atomic mass is 16.2. The molecule has 0 bridgehead atoms. The van der Waals surface area contributed by atoms with Gasteiger partial charge in [0.05, 0.1) is 5.41 Å². The Hall–Kier alpha value is -1.05. The summed E-state index contributed by atoms with van der Waals surface area (Å²) in [5.41, 5.74) is -0.308. The second kappa shape index (κ2) is 3.02. The molecule has 0 aromatic carbocycles. The van der Waals surface area contributed by atoms with Crippen molar-refractivity contribution in [1.82, 2.24) is 5.32 Å². The summed E-state index contributed by atoms with van der Waals surface area (Å²) in [5, 5.41) is 3.04. The van der Waals surface area contributed by atoms with Crippen LogP contribution in [0.5, 0.6) is 0 Å². The smallest absolute Gasteiger partial charge is 0.230 e. The lowest BCUT2D eigenvalue weighted by molar-refractivity contribution is -0.127. The van der Waals surface area contributed by atoms with Gasteiger partial charge in [-0.15, -0.1) is 0 Å². The predicted molar refractivity (Wildman–Crippen MR) is 52.2 cm³/mol. The van der Waals surface area contributed by atoms with Gasteiger partial charge in [-0.2, -0.15) is 0 Å². The van der Waals surface area contributed by atoms with Crippen LogP contribution in [-0.2, 0) is 4.79 Å². The zero-order chi connectivity index (χ0) is 9.31. The van der Waals surface area contributed by atoms with E-state index in [1.165, 1.54) is 0 Å². The first-order valence-corrected chi connectivity index (χ1v) is 4.86. The number of amides is 1. The molecule has 1 fully saturated rings. The largest absolute Gasteiger partial charge is 0.353 e. The van der Waals surface area contributed by atoms with E-state index in [-0.39, 0.29) is 11.3 Å². The Morgan fingerprint density at radius 3 is 2.77 bits per heavy atom. The summed E-state index contributed by atoms with van der Waals surface area (Å²) in [6.07, 6.45) is 11.1. The number of carbonyl (C=O) groups excluding carboxylic acids is 1. The maximum absolute atomic E-state index is 11.8. The van der Waals surface area contributed by atoms with Crippen LogP contribution in [0.3, 0.4) is 0 Å². The molecule has 0 aromatic rings. The minimum absolute atomic E-state index is 0.176. The van der Waals surface area contributed by atoms with Crippen molar-refractivity contribution < 1.29 is 4.79 Å². The highest BCUT2D eigenvalue weighted by Gasteiger charge is 2.34. The first-order valence-electron chi connectivity index (χ1n) is 4.86. The standard InChI is InChI=1S/C11H15NO/c1-11(7-3-2-4-8-11)10(13)12-9-5-6-9/h2-4,7,9H,5-6,8H2,1H3,(H,12,13). The number of nitrogens with one attached hydrogen (secondary N) is 1. The minimum Gasteiger partial charge on any atom is -0.353 e. The second-order valence-corrected chi connectivity index (χ2v) is 4.16. The van der Waals surface area contributed by atoms with Crippen molar-refractivity contribution in [3.05, 3.63) is 24.3 Å². The third-order valence-corrected chi connectivity index (χ3v) is 2.68. The molecule has 0 aromatic heterocycles. The first kappa shape index (κ1) is 8.54. The Balaban J connectivity index is 2.00. The molecule has 1 amide bonds. The van der Waals surface area contributed by atoms with Crippen molar-refractivity contribution in [2.75, 3.05) is 0 Å². The van der Waals surface area contributed by atoms with Gasteiger partial charge in [-0.05, 0) is 26.2 Å². The van der Waals surface area contributed by atoms with Gasteiger partial charge in [0.2, 0.25) is 5.91 Å². The van der Waals surface area contributed by atoms with Crippen molar-refractivity contribution in [3.8, 4) is 0 Å². The van der Waals surface area contributed by atoms with Crippen LogP contribution in [0.4, 0.5) is 0 Å². The normalized spacial score (nSPS) is 31.8. The van der Waals surface area contributed by atoms with Gasteiger partial charge in [0.25, 0.3) is 0 Å². The van der Waals surface area contributed by atoms with Crippen molar-refractivity contribution in [2.45, 2.75) is 32.2 Å². The molecule has 0 saturated heterocycles. The Morgan fingerprint density at radius 1 is 1.46 bits per heavy atom. The predicted octanol–water partition coefficient (Wildman–Crippen LogP) is 1.79. The summed E-state index contributed by atoms with van der Waals surface area (Å²) in [6, 6.07) is 0.462. The first-order chi connectivity index (χ1) is 6.21. The van der Waals surface area contributed by atoms with Gasteiger partial charge in [-0.1, -0.05) is 24.3 Å². The van der Waals surface area contributed by atoms with Gasteiger partial charge in [0.1, 0.15) is 0 Å². The van der Waals surface area contributed by atoms with Crippen molar-refractivity contribution in [1.29, 1.82) is 0 Å². The molecule has 1 unspecified atom stereocenters. The van der Waals surface area contributed by atoms with Gasteiger partial charge in [0.15, 0.2) is 0 Å². The zero-order valence-corrected chi connectivity index (χ0v) is 7.92. The summed E-state index contributed by atoms with van der Waals surface area (Å²) in [6.45, 7) is 1.99. The second-order valence-electron chi connectivity index (χ2n) is 4.16. The lowest BCUT2D eigenvalue weighted by Gasteiger charge is -2.25. The molecule has 2 heteroatoms. The summed E-state index contributed by atoms with van der Waals surface area (Å²) >= 11 is 0. The molecule has 0 heterocycles. The average molecular weight is 177 g/mol. The summed E-state index contributed by atoms with van der Waals surface area (Å²) in [5.74, 6) is 0.176. The maximum Gasteiger partial charge on any atom is 0.230 e. The highest BCUT2D eigenvalue weighted by molar-refractivity contribution is 5.85. The third-order valence-electron chi connectivity index (χ3n) is 2.68. The van der Waals surface area contributed by atoms with Gasteiger partial charge in [0, 0.05) is 6.04 Å². The van der Waals surface area contributed by atoms with Gasteiger partial charge in [-0.25, -0.2) is 0 Å². The van der Waals surface area contributed by atoms with Crippen molar-refractivity contribution >= 4 is 5.91 Å². The van der Waals surface area contributed by atoms with Crippen LogP contribution in [0.1, 0.15) is 26.2 Å². The minimum atomic E-state index is -0.308. The molecular formula is C11H15NO. The van der Waals surface area contributed by atoms with E-state index in [1.807, 2.05) is 31.2 Å². The van der Waals surface area contributed by atoms with Gasteiger partial charge in [-0.3, -0.25) is 4.79 Å². The lowest BCUT2D eigenvalue weighted by atomic mass is 9.83. The summed E-state index contributed by atoms with van der Waals surface area (Å²) < 4.78 is 0. The number of hydrogen-bond acceptors (Lipinski definition) is 1. The van der Waals surface area contributed by atoms with Gasteiger partial charge >= 0.3 is 0 Å². The molecular weight excluding hydrogens is 162 g/mol. The number of hydrogen-bond donors (Lipinski definition) is 1. The van der Waals surface area contributed by atoms with Crippen molar-refractivity contribution in [2.24, 2.45) is 5.41 Å². The molecule has 1 N–H and O–H groups in total. The van der Waals surface area contributed by atoms with E-state index in [2.05, 4.69) is 5.32 Å². The number of rotatable bonds is 2. The van der Waals surface area contributed by atoms with Crippen LogP contribution in [0, 0.1) is 5.41 Å². The summed E-state index contributed by atoms with van der Waals surface area (Å²) in [4.78, 5) is 11.8. The highest BCUT2D eigenvalue weighted by Crippen LogP contribution is 2.29. The molecule has 2 nitrogen and oxygen atoms in total. The molecule has 70 valence electrons. The van der Waals surface area contributed by atoms with Crippen LogP contribution in [0.15, 0.2) is 24.3 Å². The monoisotopic (exact) mass is 177 g/mol. The fraction of sp³-hybridized carbons (Fsp3) is 0.545. The number of allylic oxidation sites excluding steroid dienone is 3. The van der Waals surface area contributed by atoms with Crippen LogP contribution >= 0.6 is 0 Å². The molecule has 13 heavy (non-hydrogen) atoms. The third kappa shape index (κ3) is 1.82. The molecule has 0 aliphatic heterocycles. The van der Waals surface area contributed by atoms with E-state index in [0.29, 0.717) is 6.04 Å². The summed E-state index contributed by atoms with van der Waals surface area (Å²) in [7, 11) is 0. The quantitative estimate of drug-likeness (QED) is 0.684. The lowest BCUT2D eigenvalue weighted by Crippen LogP contribution is -2.39. The van der Waals surface area contributed by atoms with E-state index >= 15 is 0 Å². The van der Waals surface area contributed by atoms with E-state index in [1.54, 1.807) is 0 Å².